The van der Waals surface area contributed by atoms with Gasteiger partial charge in [-0.15, -0.1) is 0 Å². The molecule has 4 aliphatic rings. The van der Waals surface area contributed by atoms with E-state index in [2.05, 4.69) is 10.6 Å². The van der Waals surface area contributed by atoms with Crippen LogP contribution in [-0.4, -0.2) is 56.1 Å². The van der Waals surface area contributed by atoms with Crippen LogP contribution in [0.2, 0.25) is 0 Å². The van der Waals surface area contributed by atoms with Gasteiger partial charge in [0.1, 0.15) is 57.7 Å². The molecule has 0 aliphatic carbocycles. The lowest BCUT2D eigenvalue weighted by Gasteiger charge is -2.35. The average molecular weight is 975 g/mol. The molecule has 0 radical (unpaired) electrons. The van der Waals surface area contributed by atoms with Crippen LogP contribution in [0.5, 0.6) is 11.5 Å². The van der Waals surface area contributed by atoms with Gasteiger partial charge in [-0.2, -0.15) is 0 Å². The third-order valence-electron chi connectivity index (χ3n) is 12.6. The number of nitrogens with zero attached hydrogens (tertiary/aromatic N) is 4. The van der Waals surface area contributed by atoms with Crippen LogP contribution in [0.4, 0.5) is 46.5 Å². The highest BCUT2D eigenvalue weighted by Gasteiger charge is 2.40. The summed E-state index contributed by atoms with van der Waals surface area (Å²) in [5.74, 6) is -13.7. The predicted molar refractivity (Wildman–Crippen MR) is 231 cm³/mol. The number of carbonyl (C=O) groups excluding carboxylic acids is 4. The number of rotatable bonds is 6. The van der Waals surface area contributed by atoms with Crippen LogP contribution in [0.1, 0.15) is 88.9 Å². The minimum Gasteiger partial charge on any atom is -0.503 e. The molecular weight excluding hydrogens is 941 g/mol. The summed E-state index contributed by atoms with van der Waals surface area (Å²) in [5, 5.41) is 25.6. The van der Waals surface area contributed by atoms with E-state index >= 15 is 0 Å². The van der Waals surface area contributed by atoms with Crippen molar-refractivity contribution < 1.29 is 64.5 Å². The second-order valence-electron chi connectivity index (χ2n) is 16.8. The summed E-state index contributed by atoms with van der Waals surface area (Å²) in [7, 11) is 0. The highest BCUT2D eigenvalue weighted by molar-refractivity contribution is 6.10. The van der Waals surface area contributed by atoms with Gasteiger partial charge in [-0.1, -0.05) is 12.1 Å². The van der Waals surface area contributed by atoms with Gasteiger partial charge in [-0.25, -0.2) is 35.1 Å². The number of carbonyl (C=O) groups is 4. The van der Waals surface area contributed by atoms with Crippen molar-refractivity contribution in [3.05, 3.63) is 185 Å². The van der Waals surface area contributed by atoms with E-state index in [9.17, 15) is 74.1 Å². The Morgan fingerprint density at radius 3 is 1.24 bits per heavy atom. The molecule has 6 aromatic rings. The summed E-state index contributed by atoms with van der Waals surface area (Å²) in [6.45, 7) is -1.12. The van der Waals surface area contributed by atoms with E-state index in [1.807, 2.05) is 0 Å². The van der Waals surface area contributed by atoms with Crippen LogP contribution in [-0.2, 0) is 25.9 Å². The number of anilines is 2. The zero-order valence-electron chi connectivity index (χ0n) is 35.9. The summed E-state index contributed by atoms with van der Waals surface area (Å²) >= 11 is 0. The highest BCUT2D eigenvalue weighted by Crippen LogP contribution is 2.39. The van der Waals surface area contributed by atoms with Gasteiger partial charge in [0.15, 0.2) is 22.9 Å². The van der Waals surface area contributed by atoms with Crippen LogP contribution >= 0.6 is 0 Å². The fourth-order valence-corrected chi connectivity index (χ4v) is 9.11. The average Bonchev–Trinajstić information content (AvgIpc) is 3.58. The maximum Gasteiger partial charge on any atom is 0.279 e. The summed E-state index contributed by atoms with van der Waals surface area (Å²) in [4.78, 5) is 79.9. The first-order valence-corrected chi connectivity index (χ1v) is 21.3. The van der Waals surface area contributed by atoms with E-state index in [4.69, 9.17) is 0 Å². The van der Waals surface area contributed by atoms with Gasteiger partial charge in [0.2, 0.25) is 10.9 Å². The van der Waals surface area contributed by atoms with Crippen molar-refractivity contribution in [1.29, 1.82) is 0 Å². The van der Waals surface area contributed by atoms with Crippen molar-refractivity contribution >= 4 is 35.0 Å². The third kappa shape index (κ3) is 8.27. The van der Waals surface area contributed by atoms with Crippen molar-refractivity contribution in [2.45, 2.75) is 50.9 Å². The van der Waals surface area contributed by atoms with Crippen LogP contribution in [0.3, 0.4) is 0 Å². The molecule has 0 saturated carbocycles. The molecule has 70 heavy (non-hydrogen) atoms. The number of aryl methyl sites for hydroxylation is 2. The standard InChI is InChI=1S/2C24H17F4N3O4/c2*25-12-3-1-11-2-4-14-9-31(19(11)7-12)24(35)20-22(33)21(32)16(10-30(14)20)23(34)29-8-15-17(27)5-13(26)6-18(15)28/h2*1,3,5-7,10,14,33H,2,4,8-9H2,(H,29,34). The van der Waals surface area contributed by atoms with Crippen molar-refractivity contribution in [2.24, 2.45) is 0 Å². The van der Waals surface area contributed by atoms with Gasteiger partial charge in [0.05, 0.1) is 23.5 Å². The highest BCUT2D eigenvalue weighted by atomic mass is 19.2. The molecule has 4 aromatic carbocycles. The summed E-state index contributed by atoms with van der Waals surface area (Å²) in [6, 6.07) is 9.07. The van der Waals surface area contributed by atoms with Gasteiger partial charge in [0.25, 0.3) is 23.6 Å². The number of pyridine rings is 2. The first kappa shape index (κ1) is 46.8. The van der Waals surface area contributed by atoms with Crippen molar-refractivity contribution in [2.75, 3.05) is 22.9 Å². The number of fused-ring (bicyclic) bond motifs is 12. The molecule has 0 fully saturated rings. The number of aromatic nitrogens is 2. The SMILES string of the molecule is O=C(NCc1c(F)cc(F)cc1F)c1cn2c(c(O)c1=O)C(=O)N1CC2CCc2ccc(F)cc21.O=C(NCc1c(F)cc(F)cc1F)c1cn2c(c(O)c1=O)C(=O)N1CC2CCc2ccc(F)cc21. The lowest BCUT2D eigenvalue weighted by molar-refractivity contribution is 0.0929. The molecule has 4 N–H and O–H groups in total. The third-order valence-corrected chi connectivity index (χ3v) is 12.6. The van der Waals surface area contributed by atoms with E-state index in [-0.39, 0.29) is 24.5 Å². The Kier molecular flexibility index (Phi) is 12.0. The number of aromatic hydroxyl groups is 2. The molecule has 2 unspecified atom stereocenters. The minimum atomic E-state index is -1.21. The van der Waals surface area contributed by atoms with E-state index in [0.717, 1.165) is 23.5 Å². The Morgan fingerprint density at radius 1 is 0.529 bits per heavy atom. The van der Waals surface area contributed by atoms with Crippen molar-refractivity contribution in [3.63, 3.8) is 0 Å². The molecule has 4 aliphatic heterocycles. The summed E-state index contributed by atoms with van der Waals surface area (Å²) in [5.41, 5.74) is -3.14. The van der Waals surface area contributed by atoms with E-state index in [0.29, 0.717) is 61.3 Å². The number of hydrogen-bond donors (Lipinski definition) is 4. The maximum atomic E-state index is 13.9. The van der Waals surface area contributed by atoms with E-state index < -0.39 is 140 Å². The molecule has 2 aromatic heterocycles. The molecule has 10 rings (SSSR count). The zero-order valence-corrected chi connectivity index (χ0v) is 35.9. The number of halogens is 8. The monoisotopic (exact) mass is 974 g/mol. The number of hydrogen-bond acceptors (Lipinski definition) is 8. The molecule has 14 nitrogen and oxygen atoms in total. The van der Waals surface area contributed by atoms with E-state index in [1.54, 1.807) is 12.1 Å². The Bertz CT molecular complexity index is 3110. The Hall–Kier alpha value is -8.30. The quantitative estimate of drug-likeness (QED) is 0.139. The largest absolute Gasteiger partial charge is 0.503 e. The molecule has 4 bridgehead atoms. The van der Waals surface area contributed by atoms with Crippen molar-refractivity contribution in [3.8, 4) is 11.5 Å². The molecule has 0 spiro atoms. The normalized spacial score (nSPS) is 16.4. The second kappa shape index (κ2) is 18.0. The van der Waals surface area contributed by atoms with Crippen LogP contribution in [0.15, 0.2) is 82.6 Å². The molecule has 0 saturated heterocycles. The van der Waals surface area contributed by atoms with Gasteiger partial charge >= 0.3 is 0 Å². The molecule has 2 atom stereocenters. The van der Waals surface area contributed by atoms with Crippen molar-refractivity contribution in [1.82, 2.24) is 19.8 Å². The lowest BCUT2D eigenvalue weighted by atomic mass is 10.0. The smallest absolute Gasteiger partial charge is 0.279 e. The number of benzene rings is 4. The molecule has 360 valence electrons. The molecule has 22 heteroatoms. The Morgan fingerprint density at radius 2 is 0.886 bits per heavy atom. The maximum absolute atomic E-state index is 13.9. The van der Waals surface area contributed by atoms with Crippen LogP contribution in [0, 0.1) is 46.5 Å². The zero-order chi connectivity index (χ0) is 50.0. The van der Waals surface area contributed by atoms with Gasteiger partial charge in [0, 0.05) is 74.0 Å². The number of amides is 4. The fraction of sp³-hybridized carbons (Fsp3) is 0.208. The van der Waals surface area contributed by atoms with Crippen LogP contribution in [0.25, 0.3) is 0 Å². The lowest BCUT2D eigenvalue weighted by Crippen LogP contribution is -2.44. The first-order valence-electron chi connectivity index (χ1n) is 21.3. The Labute approximate surface area is 388 Å². The second-order valence-corrected chi connectivity index (χ2v) is 16.8. The van der Waals surface area contributed by atoms with Gasteiger partial charge in [-0.3, -0.25) is 28.8 Å². The minimum absolute atomic E-state index is 0.123. The van der Waals surface area contributed by atoms with Gasteiger partial charge < -0.3 is 39.8 Å². The molecular formula is C48H34F8N6O8. The summed E-state index contributed by atoms with van der Waals surface area (Å²) in [6.07, 6.45) is 4.12. The van der Waals surface area contributed by atoms with Crippen LogP contribution < -0.4 is 31.3 Å². The molecule has 6 heterocycles. The topological polar surface area (TPSA) is 183 Å². The predicted octanol–water partition coefficient (Wildman–Crippen LogP) is 6.38. The Balaban J connectivity index is 0.000000174. The first-order chi connectivity index (χ1) is 33.3. The fourth-order valence-electron chi connectivity index (χ4n) is 9.11. The van der Waals surface area contributed by atoms with Gasteiger partial charge in [-0.05, 0) is 61.1 Å². The number of nitrogens with one attached hydrogen (secondary N) is 2. The summed E-state index contributed by atoms with van der Waals surface area (Å²) < 4.78 is 112. The van der Waals surface area contributed by atoms with E-state index in [1.165, 1.54) is 43.2 Å². The molecule has 4 amide bonds.